The van der Waals surface area contributed by atoms with E-state index in [1.54, 1.807) is 31.3 Å². The lowest BCUT2D eigenvalue weighted by atomic mass is 9.95. The summed E-state index contributed by atoms with van der Waals surface area (Å²) < 4.78 is 34.6. The van der Waals surface area contributed by atoms with Crippen LogP contribution < -0.4 is 11.1 Å². The Labute approximate surface area is 175 Å². The largest absolute Gasteiger partial charge is 0.419 e. The molecule has 0 aliphatic heterocycles. The molecule has 1 aliphatic rings. The predicted octanol–water partition coefficient (Wildman–Crippen LogP) is 5.21. The van der Waals surface area contributed by atoms with Crippen molar-refractivity contribution in [2.45, 2.75) is 18.8 Å². The van der Waals surface area contributed by atoms with Crippen molar-refractivity contribution in [2.75, 3.05) is 5.32 Å². The van der Waals surface area contributed by atoms with E-state index < -0.39 is 29.0 Å². The van der Waals surface area contributed by atoms with Crippen molar-refractivity contribution < 1.29 is 18.0 Å². The number of hydrogen-bond donors (Lipinski definition) is 1. The van der Waals surface area contributed by atoms with E-state index in [0.29, 0.717) is 11.5 Å². The van der Waals surface area contributed by atoms with E-state index in [1.165, 1.54) is 10.6 Å². The van der Waals surface area contributed by atoms with Crippen LogP contribution in [0.25, 0.3) is 22.2 Å². The highest BCUT2D eigenvalue weighted by atomic mass is 19.1. The number of nitrogens with one attached hydrogen (secondary N) is 1. The molecule has 0 spiro atoms. The molecule has 5 nitrogen and oxygen atoms in total. The highest BCUT2D eigenvalue weighted by Crippen LogP contribution is 2.47. The first kappa shape index (κ1) is 19.2. The maximum absolute atomic E-state index is 13.8. The number of carbonyl (C=O) groups is 1. The van der Waals surface area contributed by atoms with Gasteiger partial charge in [-0.3, -0.25) is 9.36 Å². The second kappa shape index (κ2) is 7.19. The van der Waals surface area contributed by atoms with Crippen molar-refractivity contribution in [2.24, 2.45) is 7.05 Å². The highest BCUT2D eigenvalue weighted by Gasteiger charge is 2.31. The molecule has 1 aromatic heterocycles. The number of benzene rings is 3. The molecular formula is C24H18F2N2O3. The molecule has 1 fully saturated rings. The molecule has 3 aromatic carbocycles. The lowest BCUT2D eigenvalue weighted by molar-refractivity contribution is 0.102. The van der Waals surface area contributed by atoms with Gasteiger partial charge in [-0.1, -0.05) is 24.3 Å². The maximum Gasteiger partial charge on any atom is 0.419 e. The number of para-hydroxylation sites is 1. The van der Waals surface area contributed by atoms with Crippen LogP contribution in [-0.4, -0.2) is 10.5 Å². The van der Waals surface area contributed by atoms with Crippen LogP contribution in [0.5, 0.6) is 0 Å². The molecule has 0 atom stereocenters. The summed E-state index contributed by atoms with van der Waals surface area (Å²) in [4.78, 5) is 24.5. The standard InChI is InChI=1S/C24H18F2N2O3/c1-28-19-12-11-16(20(14-7-8-14)22(19)31-24(28)30)13-5-9-15(10-6-13)23(29)27-21-17(25)3-2-4-18(21)26/h2-6,9-12,14H,7-8H2,1H3,(H,27,29). The van der Waals surface area contributed by atoms with Gasteiger partial charge in [0.05, 0.1) is 5.52 Å². The lowest BCUT2D eigenvalue weighted by Crippen LogP contribution is -2.14. The van der Waals surface area contributed by atoms with Crippen LogP contribution in [0.3, 0.4) is 0 Å². The number of oxazole rings is 1. The summed E-state index contributed by atoms with van der Waals surface area (Å²) in [6.45, 7) is 0. The van der Waals surface area contributed by atoms with E-state index in [1.807, 2.05) is 12.1 Å². The van der Waals surface area contributed by atoms with E-state index in [2.05, 4.69) is 5.32 Å². The van der Waals surface area contributed by atoms with Crippen LogP contribution in [0.1, 0.15) is 34.7 Å². The number of amides is 1. The topological polar surface area (TPSA) is 64.2 Å². The van der Waals surface area contributed by atoms with Gasteiger partial charge in [0.25, 0.3) is 5.91 Å². The molecule has 1 N–H and O–H groups in total. The Balaban J connectivity index is 1.49. The lowest BCUT2D eigenvalue weighted by Gasteiger charge is -2.11. The Morgan fingerprint density at radius 2 is 1.71 bits per heavy atom. The number of anilines is 1. The van der Waals surface area contributed by atoms with Crippen molar-refractivity contribution >= 4 is 22.7 Å². The van der Waals surface area contributed by atoms with Crippen molar-refractivity contribution in [1.82, 2.24) is 4.57 Å². The van der Waals surface area contributed by atoms with E-state index in [4.69, 9.17) is 4.42 Å². The first-order chi connectivity index (χ1) is 14.9. The summed E-state index contributed by atoms with van der Waals surface area (Å²) >= 11 is 0. The van der Waals surface area contributed by atoms with E-state index >= 15 is 0 Å². The molecule has 1 saturated carbocycles. The summed E-state index contributed by atoms with van der Waals surface area (Å²) in [7, 11) is 1.68. The molecule has 0 radical (unpaired) electrons. The second-order valence-corrected chi connectivity index (χ2v) is 7.70. The van der Waals surface area contributed by atoms with Gasteiger partial charge in [-0.2, -0.15) is 0 Å². The zero-order valence-electron chi connectivity index (χ0n) is 16.6. The minimum absolute atomic E-state index is 0.270. The Morgan fingerprint density at radius 3 is 2.35 bits per heavy atom. The smallest absolute Gasteiger partial charge is 0.407 e. The molecule has 156 valence electrons. The van der Waals surface area contributed by atoms with Gasteiger partial charge >= 0.3 is 5.76 Å². The summed E-state index contributed by atoms with van der Waals surface area (Å²) in [6, 6.07) is 14.0. The molecule has 0 saturated heterocycles. The summed E-state index contributed by atoms with van der Waals surface area (Å²) in [6.07, 6.45) is 2.05. The number of aromatic nitrogens is 1. The van der Waals surface area contributed by atoms with E-state index in [0.717, 1.165) is 47.2 Å². The number of aryl methyl sites for hydroxylation is 1. The second-order valence-electron chi connectivity index (χ2n) is 7.70. The number of hydrogen-bond acceptors (Lipinski definition) is 3. The number of carbonyl (C=O) groups excluding carboxylic acids is 1. The van der Waals surface area contributed by atoms with Gasteiger partial charge in [0.1, 0.15) is 17.3 Å². The quantitative estimate of drug-likeness (QED) is 0.493. The first-order valence-electron chi connectivity index (χ1n) is 9.92. The number of fused-ring (bicyclic) bond motifs is 1. The third-order valence-corrected chi connectivity index (χ3v) is 5.64. The normalized spacial score (nSPS) is 13.5. The predicted molar refractivity (Wildman–Crippen MR) is 113 cm³/mol. The molecule has 1 aliphatic carbocycles. The zero-order valence-corrected chi connectivity index (χ0v) is 16.6. The molecule has 5 rings (SSSR count). The van der Waals surface area contributed by atoms with Gasteiger partial charge in [0.2, 0.25) is 0 Å². The van der Waals surface area contributed by atoms with Crippen LogP contribution in [0.2, 0.25) is 0 Å². The Bertz CT molecular complexity index is 1360. The fourth-order valence-corrected chi connectivity index (χ4v) is 3.85. The number of rotatable bonds is 4. The van der Waals surface area contributed by atoms with Gasteiger partial charge in [0, 0.05) is 18.2 Å². The minimum atomic E-state index is -0.836. The van der Waals surface area contributed by atoms with Crippen LogP contribution in [0, 0.1) is 11.6 Å². The molecule has 1 heterocycles. The van der Waals surface area contributed by atoms with Crippen LogP contribution >= 0.6 is 0 Å². The Kier molecular flexibility index (Phi) is 4.46. The molecule has 0 bridgehead atoms. The molecule has 7 heteroatoms. The van der Waals surface area contributed by atoms with E-state index in [-0.39, 0.29) is 5.56 Å². The van der Waals surface area contributed by atoms with Crippen LogP contribution in [-0.2, 0) is 7.05 Å². The third kappa shape index (κ3) is 3.32. The summed E-state index contributed by atoms with van der Waals surface area (Å²) in [5.74, 6) is -2.35. The third-order valence-electron chi connectivity index (χ3n) is 5.64. The SMILES string of the molecule is Cn1c(=O)oc2c(C3CC3)c(-c3ccc(C(=O)Nc4c(F)cccc4F)cc3)ccc21. The molecule has 0 unspecified atom stereocenters. The average molecular weight is 420 g/mol. The molecule has 31 heavy (non-hydrogen) atoms. The fourth-order valence-electron chi connectivity index (χ4n) is 3.85. The monoisotopic (exact) mass is 420 g/mol. The van der Waals surface area contributed by atoms with Crippen molar-refractivity contribution in [3.05, 3.63) is 87.9 Å². The zero-order chi connectivity index (χ0) is 21.7. The molecule has 1 amide bonds. The highest BCUT2D eigenvalue weighted by molar-refractivity contribution is 6.04. The van der Waals surface area contributed by atoms with Crippen molar-refractivity contribution in [3.63, 3.8) is 0 Å². The van der Waals surface area contributed by atoms with Crippen molar-refractivity contribution in [3.8, 4) is 11.1 Å². The van der Waals surface area contributed by atoms with Crippen LogP contribution in [0.15, 0.2) is 63.8 Å². The van der Waals surface area contributed by atoms with Gasteiger partial charge in [-0.25, -0.2) is 13.6 Å². The average Bonchev–Trinajstić information content (AvgIpc) is 3.56. The van der Waals surface area contributed by atoms with Gasteiger partial charge in [0.15, 0.2) is 5.58 Å². The Hall–Kier alpha value is -3.74. The molecular weight excluding hydrogens is 402 g/mol. The minimum Gasteiger partial charge on any atom is -0.407 e. The summed E-state index contributed by atoms with van der Waals surface area (Å²) in [5.41, 5.74) is 3.95. The van der Waals surface area contributed by atoms with Gasteiger partial charge < -0.3 is 9.73 Å². The molecule has 4 aromatic rings. The number of halogens is 2. The first-order valence-corrected chi connectivity index (χ1v) is 9.92. The van der Waals surface area contributed by atoms with Crippen molar-refractivity contribution in [1.29, 1.82) is 0 Å². The van der Waals surface area contributed by atoms with E-state index in [9.17, 15) is 18.4 Å². The maximum atomic E-state index is 13.8. The summed E-state index contributed by atoms with van der Waals surface area (Å²) in [5, 5.41) is 2.29. The fraction of sp³-hybridized carbons (Fsp3) is 0.167. The Morgan fingerprint density at radius 1 is 1.03 bits per heavy atom. The number of nitrogens with zero attached hydrogens (tertiary/aromatic N) is 1. The van der Waals surface area contributed by atoms with Gasteiger partial charge in [-0.15, -0.1) is 0 Å². The van der Waals surface area contributed by atoms with Crippen LogP contribution in [0.4, 0.5) is 14.5 Å². The van der Waals surface area contributed by atoms with Gasteiger partial charge in [-0.05, 0) is 60.2 Å².